The van der Waals surface area contributed by atoms with Crippen molar-refractivity contribution in [3.8, 4) is 0 Å². The fourth-order valence-corrected chi connectivity index (χ4v) is 4.76. The monoisotopic (exact) mass is 420 g/mol. The van der Waals surface area contributed by atoms with Gasteiger partial charge in [-0.15, -0.1) is 0 Å². The lowest BCUT2D eigenvalue weighted by atomic mass is 10.0. The molecule has 0 fully saturated rings. The third-order valence-corrected chi connectivity index (χ3v) is 7.00. The molecule has 0 amide bonds. The second kappa shape index (κ2) is 18.9. The van der Waals surface area contributed by atoms with Crippen LogP contribution in [0.4, 0.5) is 0 Å². The van der Waals surface area contributed by atoms with Crippen LogP contribution in [0.1, 0.15) is 136 Å². The van der Waals surface area contributed by atoms with Crippen molar-refractivity contribution in [3.63, 3.8) is 0 Å². The lowest BCUT2D eigenvalue weighted by Crippen LogP contribution is -2.26. The Bertz CT molecular complexity index is 422. The van der Waals surface area contributed by atoms with E-state index < -0.39 is 21.5 Å². The number of aliphatic hydroxyl groups excluding tert-OH is 1. The van der Waals surface area contributed by atoms with Crippen LogP contribution in [0.25, 0.3) is 0 Å². The summed E-state index contributed by atoms with van der Waals surface area (Å²) in [6, 6.07) is 0. The maximum atomic E-state index is 11.7. The van der Waals surface area contributed by atoms with Gasteiger partial charge in [0.25, 0.3) is 10.1 Å². The molecule has 0 saturated heterocycles. The van der Waals surface area contributed by atoms with Gasteiger partial charge < -0.3 is 5.11 Å². The van der Waals surface area contributed by atoms with Gasteiger partial charge in [-0.25, -0.2) is 0 Å². The molecule has 170 valence electrons. The lowest BCUT2D eigenvalue weighted by molar-refractivity contribution is 0.146. The molecule has 0 heterocycles. The molecule has 2 unspecified atom stereocenters. The van der Waals surface area contributed by atoms with E-state index in [1.165, 1.54) is 70.6 Å². The van der Waals surface area contributed by atoms with Crippen molar-refractivity contribution in [3.05, 3.63) is 0 Å². The SMILES string of the molecule is CCCCCCCCCCCCC(CC(O)CCCCCCCC)S(=O)(=O)O. The van der Waals surface area contributed by atoms with Gasteiger partial charge in [-0.2, -0.15) is 8.42 Å². The van der Waals surface area contributed by atoms with Gasteiger partial charge in [-0.3, -0.25) is 4.55 Å². The van der Waals surface area contributed by atoms with Crippen LogP contribution < -0.4 is 0 Å². The molecule has 0 aliphatic heterocycles. The summed E-state index contributed by atoms with van der Waals surface area (Å²) in [4.78, 5) is 0. The van der Waals surface area contributed by atoms with Crippen LogP contribution in [0.3, 0.4) is 0 Å². The first kappa shape index (κ1) is 27.9. The molecule has 5 heteroatoms. The van der Waals surface area contributed by atoms with Crippen LogP contribution in [0.15, 0.2) is 0 Å². The quantitative estimate of drug-likeness (QED) is 0.154. The third kappa shape index (κ3) is 17.9. The summed E-state index contributed by atoms with van der Waals surface area (Å²) < 4.78 is 32.8. The van der Waals surface area contributed by atoms with E-state index in [1.807, 2.05) is 0 Å². The molecule has 2 N–H and O–H groups in total. The minimum atomic E-state index is -4.07. The summed E-state index contributed by atoms with van der Waals surface area (Å²) in [7, 11) is -4.07. The van der Waals surface area contributed by atoms with Gasteiger partial charge in [0.05, 0.1) is 11.4 Å². The van der Waals surface area contributed by atoms with Crippen molar-refractivity contribution < 1.29 is 18.1 Å². The molecule has 2 atom stereocenters. The van der Waals surface area contributed by atoms with Crippen molar-refractivity contribution >= 4 is 10.1 Å². The maximum absolute atomic E-state index is 11.7. The Morgan fingerprint density at radius 2 is 0.964 bits per heavy atom. The standard InChI is InChI=1S/C23H48O4S/c1-3-5-7-9-11-12-13-14-16-18-20-23(28(25,26)27)21-22(24)19-17-15-10-8-6-4-2/h22-24H,3-21H2,1-2H3,(H,25,26,27). The molecule has 0 aromatic heterocycles. The predicted octanol–water partition coefficient (Wildman–Crippen LogP) is 7.06. The van der Waals surface area contributed by atoms with Crippen LogP contribution in [-0.4, -0.2) is 29.4 Å². The Kier molecular flexibility index (Phi) is 18.8. The zero-order chi connectivity index (χ0) is 21.1. The first-order valence-corrected chi connectivity index (χ1v) is 13.6. The minimum Gasteiger partial charge on any atom is -0.393 e. The summed E-state index contributed by atoms with van der Waals surface area (Å²) in [5.74, 6) is 0. The Hall–Kier alpha value is -0.130. The number of hydrogen-bond donors (Lipinski definition) is 2. The van der Waals surface area contributed by atoms with Crippen molar-refractivity contribution in [1.82, 2.24) is 0 Å². The van der Waals surface area contributed by atoms with Gasteiger partial charge in [0, 0.05) is 0 Å². The fraction of sp³-hybridized carbons (Fsp3) is 1.00. The normalized spacial score (nSPS) is 14.3. The highest BCUT2D eigenvalue weighted by Gasteiger charge is 2.25. The van der Waals surface area contributed by atoms with E-state index in [-0.39, 0.29) is 6.42 Å². The minimum absolute atomic E-state index is 0.172. The van der Waals surface area contributed by atoms with Crippen LogP contribution in [-0.2, 0) is 10.1 Å². The highest BCUT2D eigenvalue weighted by Crippen LogP contribution is 2.20. The second-order valence-electron chi connectivity index (χ2n) is 8.55. The number of hydrogen-bond acceptors (Lipinski definition) is 3. The Morgan fingerprint density at radius 3 is 1.36 bits per heavy atom. The third-order valence-electron chi connectivity index (χ3n) is 5.73. The molecule has 0 aliphatic carbocycles. The van der Waals surface area contributed by atoms with Crippen LogP contribution in [0.2, 0.25) is 0 Å². The molecular weight excluding hydrogens is 372 g/mol. The van der Waals surface area contributed by atoms with Gasteiger partial charge >= 0.3 is 0 Å². The molecular formula is C23H48O4S. The Morgan fingerprint density at radius 1 is 0.607 bits per heavy atom. The average molecular weight is 421 g/mol. The van der Waals surface area contributed by atoms with Gasteiger partial charge in [0.15, 0.2) is 0 Å². The highest BCUT2D eigenvalue weighted by atomic mass is 32.2. The first-order chi connectivity index (χ1) is 13.4. The van der Waals surface area contributed by atoms with Crippen molar-refractivity contribution in [2.45, 2.75) is 147 Å². The van der Waals surface area contributed by atoms with Gasteiger partial charge in [0.1, 0.15) is 0 Å². The van der Waals surface area contributed by atoms with E-state index in [9.17, 15) is 18.1 Å². The molecule has 4 nitrogen and oxygen atoms in total. The lowest BCUT2D eigenvalue weighted by Gasteiger charge is -2.18. The van der Waals surface area contributed by atoms with Crippen LogP contribution in [0.5, 0.6) is 0 Å². The Balaban J connectivity index is 3.85. The number of unbranched alkanes of at least 4 members (excludes halogenated alkanes) is 14. The summed E-state index contributed by atoms with van der Waals surface area (Å²) in [6.45, 7) is 4.42. The molecule has 0 bridgehead atoms. The predicted molar refractivity (Wildman–Crippen MR) is 120 cm³/mol. The van der Waals surface area contributed by atoms with Gasteiger partial charge in [-0.1, -0.05) is 117 Å². The largest absolute Gasteiger partial charge is 0.393 e. The highest BCUT2D eigenvalue weighted by molar-refractivity contribution is 7.86. The molecule has 0 saturated carbocycles. The van der Waals surface area contributed by atoms with E-state index in [0.717, 1.165) is 32.1 Å². The molecule has 0 aliphatic rings. The molecule has 0 spiro atoms. The first-order valence-electron chi connectivity index (χ1n) is 12.1. The number of rotatable bonds is 21. The average Bonchev–Trinajstić information content (AvgIpc) is 2.64. The second-order valence-corrected chi connectivity index (χ2v) is 10.3. The molecule has 0 aromatic rings. The zero-order valence-corrected chi connectivity index (χ0v) is 19.5. The molecule has 0 rings (SSSR count). The molecule has 28 heavy (non-hydrogen) atoms. The summed E-state index contributed by atoms with van der Waals surface area (Å²) in [6.07, 6.45) is 19.6. The van der Waals surface area contributed by atoms with E-state index in [1.54, 1.807) is 0 Å². The molecule has 0 radical (unpaired) electrons. The van der Waals surface area contributed by atoms with E-state index >= 15 is 0 Å². The summed E-state index contributed by atoms with van der Waals surface area (Å²) >= 11 is 0. The number of aliphatic hydroxyl groups is 1. The Labute approximate surface area is 175 Å². The fourth-order valence-electron chi connectivity index (χ4n) is 3.83. The van der Waals surface area contributed by atoms with Gasteiger partial charge in [0.2, 0.25) is 0 Å². The van der Waals surface area contributed by atoms with E-state index in [0.29, 0.717) is 12.8 Å². The summed E-state index contributed by atoms with van der Waals surface area (Å²) in [5, 5.41) is 9.36. The maximum Gasteiger partial charge on any atom is 0.267 e. The van der Waals surface area contributed by atoms with Crippen molar-refractivity contribution in [2.75, 3.05) is 0 Å². The van der Waals surface area contributed by atoms with E-state index in [2.05, 4.69) is 13.8 Å². The van der Waals surface area contributed by atoms with Crippen LogP contribution >= 0.6 is 0 Å². The smallest absolute Gasteiger partial charge is 0.267 e. The van der Waals surface area contributed by atoms with Crippen LogP contribution in [0, 0.1) is 0 Å². The zero-order valence-electron chi connectivity index (χ0n) is 18.7. The molecule has 0 aromatic carbocycles. The van der Waals surface area contributed by atoms with Gasteiger partial charge in [-0.05, 0) is 19.3 Å². The van der Waals surface area contributed by atoms with E-state index in [4.69, 9.17) is 0 Å². The van der Waals surface area contributed by atoms with Crippen molar-refractivity contribution in [1.29, 1.82) is 0 Å². The summed E-state index contributed by atoms with van der Waals surface area (Å²) in [5.41, 5.74) is 0. The van der Waals surface area contributed by atoms with Crippen molar-refractivity contribution in [2.24, 2.45) is 0 Å². The topological polar surface area (TPSA) is 74.6 Å².